The predicted octanol–water partition coefficient (Wildman–Crippen LogP) is 3.27. The molecule has 8 nitrogen and oxygen atoms in total. The number of halogens is 2. The second kappa shape index (κ2) is 7.21. The van der Waals surface area contributed by atoms with Crippen LogP contribution in [0.5, 0.6) is 0 Å². The van der Waals surface area contributed by atoms with Crippen molar-refractivity contribution >= 4 is 39.2 Å². The number of furan rings is 1. The minimum Gasteiger partial charge on any atom is -0.447 e. The number of carbonyl (C=O) groups is 2. The van der Waals surface area contributed by atoms with Crippen LogP contribution in [0.3, 0.4) is 0 Å². The summed E-state index contributed by atoms with van der Waals surface area (Å²) in [7, 11) is 0. The number of esters is 1. The largest absolute Gasteiger partial charge is 0.447 e. The van der Waals surface area contributed by atoms with Crippen LogP contribution in [0.4, 0.5) is 15.8 Å². The zero-order valence-electron chi connectivity index (χ0n) is 12.1. The summed E-state index contributed by atoms with van der Waals surface area (Å²) >= 11 is 3.02. The minimum absolute atomic E-state index is 0.00302. The molecule has 10 heteroatoms. The molecule has 1 amide bonds. The lowest BCUT2D eigenvalue weighted by Gasteiger charge is -2.12. The summed E-state index contributed by atoms with van der Waals surface area (Å²) in [5, 5.41) is 13.0. The first-order chi connectivity index (χ1) is 11.3. The van der Waals surface area contributed by atoms with Gasteiger partial charge in [0.2, 0.25) is 11.6 Å². The van der Waals surface area contributed by atoms with E-state index in [4.69, 9.17) is 9.15 Å². The maximum atomic E-state index is 13.2. The summed E-state index contributed by atoms with van der Waals surface area (Å²) in [6.07, 6.45) is -1.20. The van der Waals surface area contributed by atoms with Crippen LogP contribution in [-0.4, -0.2) is 22.9 Å². The number of nitro benzene ring substituents is 1. The van der Waals surface area contributed by atoms with Gasteiger partial charge in [0, 0.05) is 11.8 Å². The van der Waals surface area contributed by atoms with Crippen molar-refractivity contribution in [1.82, 2.24) is 0 Å². The van der Waals surface area contributed by atoms with E-state index in [0.29, 0.717) is 4.67 Å². The van der Waals surface area contributed by atoms with Crippen LogP contribution >= 0.6 is 15.9 Å². The van der Waals surface area contributed by atoms with Crippen LogP contribution in [0.2, 0.25) is 0 Å². The quantitative estimate of drug-likeness (QED) is 0.468. The van der Waals surface area contributed by atoms with Gasteiger partial charge in [0.15, 0.2) is 10.8 Å². The van der Waals surface area contributed by atoms with E-state index in [9.17, 15) is 24.1 Å². The number of amides is 1. The van der Waals surface area contributed by atoms with Crippen molar-refractivity contribution < 1.29 is 28.1 Å². The lowest BCUT2D eigenvalue weighted by Crippen LogP contribution is -2.29. The Morgan fingerprint density at radius 1 is 1.38 bits per heavy atom. The average Bonchev–Trinajstić information content (AvgIpc) is 2.95. The van der Waals surface area contributed by atoms with E-state index in [1.807, 2.05) is 0 Å². The normalized spacial score (nSPS) is 11.6. The monoisotopic (exact) mass is 400 g/mol. The predicted molar refractivity (Wildman–Crippen MR) is 83.0 cm³/mol. The Morgan fingerprint density at radius 2 is 2.08 bits per heavy atom. The fourth-order valence-electron chi connectivity index (χ4n) is 1.67. The second-order valence-electron chi connectivity index (χ2n) is 4.56. The number of benzene rings is 1. The lowest BCUT2D eigenvalue weighted by molar-refractivity contribution is -0.387. The van der Waals surface area contributed by atoms with Crippen molar-refractivity contribution in [3.8, 4) is 0 Å². The zero-order chi connectivity index (χ0) is 17.9. The average molecular weight is 401 g/mol. The molecule has 0 aliphatic heterocycles. The van der Waals surface area contributed by atoms with Gasteiger partial charge in [-0.05, 0) is 47.1 Å². The molecule has 0 unspecified atom stereocenters. The topological polar surface area (TPSA) is 112 Å². The van der Waals surface area contributed by atoms with Gasteiger partial charge in [0.05, 0.1) is 4.92 Å². The van der Waals surface area contributed by atoms with Gasteiger partial charge in [-0.1, -0.05) is 0 Å². The SMILES string of the molecule is C[C@@H](OC(=O)c1ccc(Br)o1)C(=O)Nc1ccc(F)c([N+](=O)[O-])c1. The van der Waals surface area contributed by atoms with Gasteiger partial charge < -0.3 is 14.5 Å². The molecular formula is C14H10BrFN2O6. The molecule has 0 fully saturated rings. The molecule has 1 N–H and O–H groups in total. The fourth-order valence-corrected chi connectivity index (χ4v) is 1.98. The third-order valence-electron chi connectivity index (χ3n) is 2.84. The first-order valence-corrected chi connectivity index (χ1v) is 7.28. The van der Waals surface area contributed by atoms with Crippen LogP contribution in [0.25, 0.3) is 0 Å². The zero-order valence-corrected chi connectivity index (χ0v) is 13.7. The molecule has 1 atom stereocenters. The summed E-state index contributed by atoms with van der Waals surface area (Å²) in [5.41, 5.74) is -0.783. The van der Waals surface area contributed by atoms with Gasteiger partial charge in [0.1, 0.15) is 0 Å². The van der Waals surface area contributed by atoms with E-state index >= 15 is 0 Å². The van der Waals surface area contributed by atoms with Crippen LogP contribution in [0.15, 0.2) is 39.4 Å². The number of ether oxygens (including phenoxy) is 1. The maximum absolute atomic E-state index is 13.2. The van der Waals surface area contributed by atoms with Gasteiger partial charge in [-0.25, -0.2) is 4.79 Å². The Balaban J connectivity index is 2.02. The smallest absolute Gasteiger partial charge is 0.375 e. The maximum Gasteiger partial charge on any atom is 0.375 e. The summed E-state index contributed by atoms with van der Waals surface area (Å²) in [4.78, 5) is 33.5. The molecule has 2 aromatic rings. The molecule has 1 heterocycles. The van der Waals surface area contributed by atoms with Crippen molar-refractivity contribution in [3.05, 3.63) is 56.7 Å². The second-order valence-corrected chi connectivity index (χ2v) is 5.35. The summed E-state index contributed by atoms with van der Waals surface area (Å²) in [5.74, 6) is -2.72. The van der Waals surface area contributed by atoms with E-state index in [1.54, 1.807) is 0 Å². The lowest BCUT2D eigenvalue weighted by atomic mass is 10.2. The third kappa shape index (κ3) is 4.16. The van der Waals surface area contributed by atoms with Gasteiger partial charge in [-0.3, -0.25) is 14.9 Å². The Morgan fingerprint density at radius 3 is 2.67 bits per heavy atom. The molecule has 2 rings (SSSR count). The fraction of sp³-hybridized carbons (Fsp3) is 0.143. The number of anilines is 1. The highest BCUT2D eigenvalue weighted by Gasteiger charge is 2.22. The number of nitrogens with zero attached hydrogens (tertiary/aromatic N) is 1. The molecule has 0 radical (unpaired) electrons. The van der Waals surface area contributed by atoms with Crippen LogP contribution in [0, 0.1) is 15.9 Å². The molecule has 126 valence electrons. The van der Waals surface area contributed by atoms with Crippen LogP contribution in [-0.2, 0) is 9.53 Å². The molecule has 24 heavy (non-hydrogen) atoms. The Hall–Kier alpha value is -2.75. The minimum atomic E-state index is -1.20. The molecule has 1 aromatic heterocycles. The molecule has 0 bridgehead atoms. The summed E-state index contributed by atoms with van der Waals surface area (Å²) in [6.45, 7) is 1.31. The van der Waals surface area contributed by atoms with Crippen molar-refractivity contribution in [2.75, 3.05) is 5.32 Å². The van der Waals surface area contributed by atoms with Gasteiger partial charge in [-0.2, -0.15) is 4.39 Å². The number of hydrogen-bond donors (Lipinski definition) is 1. The molecule has 0 aliphatic carbocycles. The number of carbonyl (C=O) groups excluding carboxylic acids is 2. The number of rotatable bonds is 5. The van der Waals surface area contributed by atoms with E-state index < -0.39 is 34.4 Å². The molecule has 0 saturated carbocycles. The van der Waals surface area contributed by atoms with Crippen molar-refractivity contribution in [1.29, 1.82) is 0 Å². The molecule has 0 saturated heterocycles. The standard InChI is InChI=1S/C14H10BrFN2O6/c1-7(23-14(20)11-4-5-12(15)24-11)13(19)17-8-2-3-9(16)10(6-8)18(21)22/h2-7H,1H3,(H,17,19)/t7-/m1/s1. The van der Waals surface area contributed by atoms with E-state index in [-0.39, 0.29) is 11.4 Å². The first kappa shape index (κ1) is 17.6. The van der Waals surface area contributed by atoms with Crippen molar-refractivity contribution in [2.24, 2.45) is 0 Å². The van der Waals surface area contributed by atoms with Gasteiger partial charge in [0.25, 0.3) is 5.91 Å². The first-order valence-electron chi connectivity index (χ1n) is 6.49. The number of hydrogen-bond acceptors (Lipinski definition) is 6. The number of nitrogens with one attached hydrogen (secondary N) is 1. The summed E-state index contributed by atoms with van der Waals surface area (Å²) < 4.78 is 23.5. The Bertz CT molecular complexity index is 806. The van der Waals surface area contributed by atoms with Crippen LogP contribution in [0.1, 0.15) is 17.5 Å². The third-order valence-corrected chi connectivity index (χ3v) is 3.26. The summed E-state index contributed by atoms with van der Waals surface area (Å²) in [6, 6.07) is 5.72. The van der Waals surface area contributed by atoms with Gasteiger partial charge in [-0.15, -0.1) is 0 Å². The Labute approximate surface area is 142 Å². The highest BCUT2D eigenvalue weighted by atomic mass is 79.9. The molecular weight excluding hydrogens is 391 g/mol. The van der Waals surface area contributed by atoms with E-state index in [0.717, 1.165) is 18.2 Å². The molecule has 1 aromatic carbocycles. The highest BCUT2D eigenvalue weighted by molar-refractivity contribution is 9.10. The van der Waals surface area contributed by atoms with Crippen LogP contribution < -0.4 is 5.32 Å². The van der Waals surface area contributed by atoms with Crippen molar-refractivity contribution in [2.45, 2.75) is 13.0 Å². The van der Waals surface area contributed by atoms with Crippen molar-refractivity contribution in [3.63, 3.8) is 0 Å². The number of nitro groups is 1. The molecule has 0 spiro atoms. The van der Waals surface area contributed by atoms with E-state index in [2.05, 4.69) is 21.2 Å². The van der Waals surface area contributed by atoms with E-state index in [1.165, 1.54) is 19.1 Å². The highest BCUT2D eigenvalue weighted by Crippen LogP contribution is 2.22. The van der Waals surface area contributed by atoms with Gasteiger partial charge >= 0.3 is 11.7 Å². The molecule has 0 aliphatic rings. The Kier molecular flexibility index (Phi) is 5.29.